The van der Waals surface area contributed by atoms with Gasteiger partial charge < -0.3 is 14.6 Å². The van der Waals surface area contributed by atoms with Gasteiger partial charge in [0.1, 0.15) is 5.58 Å². The first-order chi connectivity index (χ1) is 9.54. The van der Waals surface area contributed by atoms with Crippen LogP contribution >= 0.6 is 11.6 Å². The zero-order chi connectivity index (χ0) is 14.3. The molecule has 0 aliphatic heterocycles. The van der Waals surface area contributed by atoms with E-state index in [0.29, 0.717) is 16.0 Å². The summed E-state index contributed by atoms with van der Waals surface area (Å²) in [5, 5.41) is 20.2. The number of phenolic OH excluding ortho intramolecular Hbond substituents is 2. The number of phenols is 2. The van der Waals surface area contributed by atoms with Crippen LogP contribution in [0.3, 0.4) is 0 Å². The standard InChI is InChI=1S/C15H9ClO4/c16-9-3-1-8(2-4-9)10-6-15(19)20-14-7-13(18)12(17)5-11(10)14/h1-7,17-18H. The van der Waals surface area contributed by atoms with Crippen molar-refractivity contribution in [2.24, 2.45) is 0 Å². The fraction of sp³-hybridized carbons (Fsp3) is 0. The molecule has 1 heterocycles. The normalized spacial score (nSPS) is 10.8. The molecule has 0 saturated heterocycles. The molecule has 0 radical (unpaired) electrons. The number of fused-ring (bicyclic) bond motifs is 1. The van der Waals surface area contributed by atoms with Crippen LogP contribution < -0.4 is 5.63 Å². The van der Waals surface area contributed by atoms with Crippen molar-refractivity contribution in [1.29, 1.82) is 0 Å². The van der Waals surface area contributed by atoms with E-state index in [1.54, 1.807) is 24.3 Å². The van der Waals surface area contributed by atoms with Crippen LogP contribution in [0.4, 0.5) is 0 Å². The molecule has 2 N–H and O–H groups in total. The van der Waals surface area contributed by atoms with Crippen LogP contribution in [0.2, 0.25) is 5.02 Å². The Morgan fingerprint density at radius 3 is 2.30 bits per heavy atom. The van der Waals surface area contributed by atoms with Crippen molar-refractivity contribution >= 4 is 22.6 Å². The summed E-state index contributed by atoms with van der Waals surface area (Å²) >= 11 is 5.84. The molecule has 3 rings (SSSR count). The molecule has 3 aromatic rings. The van der Waals surface area contributed by atoms with Gasteiger partial charge in [-0.25, -0.2) is 4.79 Å². The number of hydrogen-bond acceptors (Lipinski definition) is 4. The Labute approximate surface area is 118 Å². The molecule has 100 valence electrons. The zero-order valence-electron chi connectivity index (χ0n) is 10.1. The molecule has 0 amide bonds. The predicted octanol–water partition coefficient (Wildman–Crippen LogP) is 3.52. The minimum Gasteiger partial charge on any atom is -0.504 e. The molecular weight excluding hydrogens is 280 g/mol. The van der Waals surface area contributed by atoms with E-state index in [-0.39, 0.29) is 17.1 Å². The van der Waals surface area contributed by atoms with Gasteiger partial charge in [-0.05, 0) is 29.3 Å². The van der Waals surface area contributed by atoms with Crippen LogP contribution in [0, 0.1) is 0 Å². The van der Waals surface area contributed by atoms with Crippen LogP contribution in [0.1, 0.15) is 0 Å². The van der Waals surface area contributed by atoms with Gasteiger partial charge in [-0.1, -0.05) is 23.7 Å². The third kappa shape index (κ3) is 2.10. The summed E-state index contributed by atoms with van der Waals surface area (Å²) in [5.74, 6) is -0.615. The van der Waals surface area contributed by atoms with Gasteiger partial charge in [0.2, 0.25) is 0 Å². The SMILES string of the molecule is O=c1cc(-c2ccc(Cl)cc2)c2cc(O)c(O)cc2o1. The molecule has 20 heavy (non-hydrogen) atoms. The first kappa shape index (κ1) is 12.6. The second-order valence-corrected chi connectivity index (χ2v) is 4.76. The van der Waals surface area contributed by atoms with Crippen LogP contribution in [-0.2, 0) is 0 Å². The highest BCUT2D eigenvalue weighted by Crippen LogP contribution is 2.35. The lowest BCUT2D eigenvalue weighted by molar-refractivity contribution is 0.403. The zero-order valence-corrected chi connectivity index (χ0v) is 10.9. The molecule has 2 aromatic carbocycles. The summed E-state index contributed by atoms with van der Waals surface area (Å²) < 4.78 is 5.03. The van der Waals surface area contributed by atoms with E-state index in [0.717, 1.165) is 5.56 Å². The van der Waals surface area contributed by atoms with E-state index >= 15 is 0 Å². The molecule has 0 fully saturated rings. The van der Waals surface area contributed by atoms with Crippen molar-refractivity contribution in [1.82, 2.24) is 0 Å². The van der Waals surface area contributed by atoms with Crippen molar-refractivity contribution in [3.8, 4) is 22.6 Å². The molecule has 4 nitrogen and oxygen atoms in total. The second kappa shape index (κ2) is 4.58. The summed E-state index contributed by atoms with van der Waals surface area (Å²) in [6.45, 7) is 0. The Kier molecular flexibility index (Phi) is 2.88. The van der Waals surface area contributed by atoms with Gasteiger partial charge >= 0.3 is 5.63 Å². The Morgan fingerprint density at radius 2 is 1.60 bits per heavy atom. The number of hydrogen-bond donors (Lipinski definition) is 2. The maximum absolute atomic E-state index is 11.6. The molecular formula is C15H9ClO4. The van der Waals surface area contributed by atoms with E-state index in [1.807, 2.05) is 0 Å². The van der Waals surface area contributed by atoms with Crippen LogP contribution in [-0.4, -0.2) is 10.2 Å². The summed E-state index contributed by atoms with van der Waals surface area (Å²) in [5.41, 5.74) is 1.03. The van der Waals surface area contributed by atoms with Crippen LogP contribution in [0.5, 0.6) is 11.5 Å². The average Bonchev–Trinajstić information content (AvgIpc) is 2.41. The summed E-state index contributed by atoms with van der Waals surface area (Å²) in [6, 6.07) is 10.8. The Bertz CT molecular complexity index is 850. The van der Waals surface area contributed by atoms with Gasteiger partial charge in [0.15, 0.2) is 11.5 Å². The van der Waals surface area contributed by atoms with Gasteiger partial charge in [0.25, 0.3) is 0 Å². The molecule has 0 aliphatic rings. The van der Waals surface area contributed by atoms with Crippen molar-refractivity contribution in [3.05, 3.63) is 57.9 Å². The average molecular weight is 289 g/mol. The lowest BCUT2D eigenvalue weighted by Crippen LogP contribution is -1.98. The maximum atomic E-state index is 11.6. The highest BCUT2D eigenvalue weighted by Gasteiger charge is 2.11. The van der Waals surface area contributed by atoms with Gasteiger partial charge in [-0.2, -0.15) is 0 Å². The highest BCUT2D eigenvalue weighted by atomic mass is 35.5. The fourth-order valence-corrected chi connectivity index (χ4v) is 2.18. The van der Waals surface area contributed by atoms with Gasteiger partial charge in [-0.3, -0.25) is 0 Å². The predicted molar refractivity (Wildman–Crippen MR) is 76.3 cm³/mol. The van der Waals surface area contributed by atoms with E-state index < -0.39 is 5.63 Å². The fourth-order valence-electron chi connectivity index (χ4n) is 2.05. The maximum Gasteiger partial charge on any atom is 0.336 e. The quantitative estimate of drug-likeness (QED) is 0.531. The summed E-state index contributed by atoms with van der Waals surface area (Å²) in [7, 11) is 0. The minimum atomic E-state index is -0.535. The summed E-state index contributed by atoms with van der Waals surface area (Å²) in [6.07, 6.45) is 0. The van der Waals surface area contributed by atoms with E-state index in [2.05, 4.69) is 0 Å². The van der Waals surface area contributed by atoms with Crippen molar-refractivity contribution < 1.29 is 14.6 Å². The molecule has 0 spiro atoms. The number of benzene rings is 2. The summed E-state index contributed by atoms with van der Waals surface area (Å²) in [4.78, 5) is 11.6. The van der Waals surface area contributed by atoms with E-state index in [1.165, 1.54) is 18.2 Å². The first-order valence-electron chi connectivity index (χ1n) is 5.80. The van der Waals surface area contributed by atoms with Crippen molar-refractivity contribution in [2.45, 2.75) is 0 Å². The van der Waals surface area contributed by atoms with Crippen LogP contribution in [0.25, 0.3) is 22.1 Å². The van der Waals surface area contributed by atoms with Crippen LogP contribution in [0.15, 0.2) is 51.7 Å². The first-order valence-corrected chi connectivity index (χ1v) is 6.18. The Balaban J connectivity index is 2.37. The number of aromatic hydroxyl groups is 2. The minimum absolute atomic E-state index is 0.206. The van der Waals surface area contributed by atoms with Gasteiger partial charge in [0, 0.05) is 22.5 Å². The molecule has 0 atom stereocenters. The Morgan fingerprint density at radius 1 is 0.950 bits per heavy atom. The van der Waals surface area contributed by atoms with Gasteiger partial charge in [0.05, 0.1) is 0 Å². The topological polar surface area (TPSA) is 70.7 Å². The third-order valence-electron chi connectivity index (χ3n) is 2.99. The smallest absolute Gasteiger partial charge is 0.336 e. The highest BCUT2D eigenvalue weighted by molar-refractivity contribution is 6.30. The van der Waals surface area contributed by atoms with E-state index in [4.69, 9.17) is 16.0 Å². The molecule has 5 heteroatoms. The molecule has 1 aromatic heterocycles. The second-order valence-electron chi connectivity index (χ2n) is 4.32. The number of rotatable bonds is 1. The monoisotopic (exact) mass is 288 g/mol. The Hall–Kier alpha value is -2.46. The van der Waals surface area contributed by atoms with Crippen molar-refractivity contribution in [3.63, 3.8) is 0 Å². The molecule has 0 bridgehead atoms. The lowest BCUT2D eigenvalue weighted by atomic mass is 10.0. The largest absolute Gasteiger partial charge is 0.504 e. The van der Waals surface area contributed by atoms with Gasteiger partial charge in [-0.15, -0.1) is 0 Å². The molecule has 0 saturated carbocycles. The molecule has 0 aliphatic carbocycles. The third-order valence-corrected chi connectivity index (χ3v) is 3.25. The molecule has 0 unspecified atom stereocenters. The van der Waals surface area contributed by atoms with E-state index in [9.17, 15) is 15.0 Å². The lowest BCUT2D eigenvalue weighted by Gasteiger charge is -2.07. The van der Waals surface area contributed by atoms with Crippen molar-refractivity contribution in [2.75, 3.05) is 0 Å². The number of halogens is 1.